The number of ether oxygens (including phenoxy) is 3. The van der Waals surface area contributed by atoms with Gasteiger partial charge in [-0.3, -0.25) is 0 Å². The van der Waals surface area contributed by atoms with E-state index in [2.05, 4.69) is 0 Å². The summed E-state index contributed by atoms with van der Waals surface area (Å²) in [5.74, 6) is -1.46. The minimum absolute atomic E-state index is 0.000724. The Morgan fingerprint density at radius 3 is 2.41 bits per heavy atom. The molecule has 27 heavy (non-hydrogen) atoms. The Balaban J connectivity index is 2.14. The lowest BCUT2D eigenvalue weighted by molar-refractivity contribution is -0.158. The number of morpholine rings is 1. The van der Waals surface area contributed by atoms with Crippen molar-refractivity contribution in [2.75, 3.05) is 32.9 Å². The van der Waals surface area contributed by atoms with Gasteiger partial charge >= 0.3 is 11.9 Å². The maximum atomic E-state index is 12.7. The van der Waals surface area contributed by atoms with Gasteiger partial charge in [-0.2, -0.15) is 4.31 Å². The number of sulfonamides is 1. The van der Waals surface area contributed by atoms with Gasteiger partial charge in [0.15, 0.2) is 6.61 Å². The molecule has 0 saturated carbocycles. The van der Waals surface area contributed by atoms with Gasteiger partial charge in [0, 0.05) is 13.1 Å². The maximum Gasteiger partial charge on any atom is 0.344 e. The molecule has 9 heteroatoms. The van der Waals surface area contributed by atoms with Crippen molar-refractivity contribution in [2.45, 2.75) is 38.2 Å². The Hall–Kier alpha value is -1.97. The Bertz CT molecular complexity index is 805. The van der Waals surface area contributed by atoms with Crippen molar-refractivity contribution in [3.63, 3.8) is 0 Å². The lowest BCUT2D eigenvalue weighted by Crippen LogP contribution is -2.40. The molecule has 1 heterocycles. The lowest BCUT2D eigenvalue weighted by Gasteiger charge is -2.26. The van der Waals surface area contributed by atoms with Crippen molar-refractivity contribution in [3.05, 3.63) is 29.3 Å². The lowest BCUT2D eigenvalue weighted by atomic mass is 10.1. The Morgan fingerprint density at radius 2 is 1.81 bits per heavy atom. The molecule has 1 fully saturated rings. The van der Waals surface area contributed by atoms with Crippen LogP contribution in [0.15, 0.2) is 23.1 Å². The number of carbonyl (C=O) groups excluding carboxylic acids is 2. The average molecular weight is 399 g/mol. The molecule has 0 N–H and O–H groups in total. The van der Waals surface area contributed by atoms with Crippen molar-refractivity contribution >= 4 is 22.0 Å². The first-order chi connectivity index (χ1) is 12.5. The zero-order chi connectivity index (χ0) is 20.2. The summed E-state index contributed by atoms with van der Waals surface area (Å²) in [5, 5.41) is 0. The molecule has 0 aromatic heterocycles. The molecule has 2 rings (SSSR count). The fourth-order valence-electron chi connectivity index (χ4n) is 2.49. The molecule has 8 nitrogen and oxygen atoms in total. The van der Waals surface area contributed by atoms with Gasteiger partial charge in [-0.15, -0.1) is 0 Å². The van der Waals surface area contributed by atoms with Gasteiger partial charge in [0.05, 0.1) is 23.7 Å². The van der Waals surface area contributed by atoms with Gasteiger partial charge in [-0.05, 0) is 45.4 Å². The van der Waals surface area contributed by atoms with Crippen LogP contribution in [-0.4, -0.2) is 63.2 Å². The third-order valence-corrected chi connectivity index (χ3v) is 5.67. The summed E-state index contributed by atoms with van der Waals surface area (Å²) in [4.78, 5) is 24.0. The molecular formula is C18H25NO7S. The van der Waals surface area contributed by atoms with Crippen molar-refractivity contribution in [1.82, 2.24) is 4.31 Å². The highest BCUT2D eigenvalue weighted by atomic mass is 32.2. The first-order valence-corrected chi connectivity index (χ1v) is 10.0. The fourth-order valence-corrected chi connectivity index (χ4v) is 3.93. The van der Waals surface area contributed by atoms with Gasteiger partial charge in [0.2, 0.25) is 10.0 Å². The van der Waals surface area contributed by atoms with Crippen LogP contribution in [0.25, 0.3) is 0 Å². The van der Waals surface area contributed by atoms with Crippen LogP contribution in [0.1, 0.15) is 36.7 Å². The minimum atomic E-state index is -3.74. The van der Waals surface area contributed by atoms with Crippen LogP contribution in [0.4, 0.5) is 0 Å². The monoisotopic (exact) mass is 399 g/mol. The summed E-state index contributed by atoms with van der Waals surface area (Å²) in [7, 11) is -3.74. The van der Waals surface area contributed by atoms with E-state index in [1.54, 1.807) is 27.7 Å². The fraction of sp³-hybridized carbons (Fsp3) is 0.556. The zero-order valence-electron chi connectivity index (χ0n) is 16.0. The summed E-state index contributed by atoms with van der Waals surface area (Å²) in [5.41, 5.74) is -0.0519. The van der Waals surface area contributed by atoms with E-state index in [0.717, 1.165) is 0 Å². The molecule has 0 radical (unpaired) electrons. The van der Waals surface area contributed by atoms with Gasteiger partial charge in [-0.1, -0.05) is 6.07 Å². The van der Waals surface area contributed by atoms with E-state index in [9.17, 15) is 18.0 Å². The van der Waals surface area contributed by atoms with Crippen LogP contribution in [-0.2, 0) is 29.0 Å². The number of rotatable bonds is 5. The van der Waals surface area contributed by atoms with Gasteiger partial charge in [0.25, 0.3) is 0 Å². The second kappa shape index (κ2) is 8.37. The highest BCUT2D eigenvalue weighted by Gasteiger charge is 2.28. The van der Waals surface area contributed by atoms with E-state index in [0.29, 0.717) is 18.8 Å². The predicted octanol–water partition coefficient (Wildman–Crippen LogP) is 1.51. The van der Waals surface area contributed by atoms with Crippen molar-refractivity contribution in [1.29, 1.82) is 0 Å². The largest absolute Gasteiger partial charge is 0.457 e. The average Bonchev–Trinajstić information content (AvgIpc) is 2.59. The highest BCUT2D eigenvalue weighted by molar-refractivity contribution is 7.89. The number of hydrogen-bond donors (Lipinski definition) is 0. The SMILES string of the molecule is Cc1ccc(S(=O)(=O)N2CCOCC2)cc1C(=O)OCC(=O)OC(C)(C)C. The molecule has 0 amide bonds. The van der Waals surface area contributed by atoms with Crippen molar-refractivity contribution in [3.8, 4) is 0 Å². The summed E-state index contributed by atoms with van der Waals surface area (Å²) >= 11 is 0. The number of carbonyl (C=O) groups is 2. The molecule has 1 saturated heterocycles. The van der Waals surface area contributed by atoms with E-state index >= 15 is 0 Å². The third-order valence-electron chi connectivity index (χ3n) is 3.78. The normalized spacial score (nSPS) is 16.0. The summed E-state index contributed by atoms with van der Waals surface area (Å²) in [6, 6.07) is 4.26. The van der Waals surface area contributed by atoms with Gasteiger partial charge < -0.3 is 14.2 Å². The Morgan fingerprint density at radius 1 is 1.19 bits per heavy atom. The van der Waals surface area contributed by atoms with E-state index in [1.165, 1.54) is 22.5 Å². The molecule has 0 spiro atoms. The number of esters is 2. The molecule has 1 aromatic carbocycles. The van der Waals surface area contributed by atoms with Crippen molar-refractivity contribution in [2.24, 2.45) is 0 Å². The van der Waals surface area contributed by atoms with Crippen LogP contribution in [0, 0.1) is 6.92 Å². The summed E-state index contributed by atoms with van der Waals surface area (Å²) < 4.78 is 42.0. The van der Waals surface area contributed by atoms with Crippen LogP contribution < -0.4 is 0 Å². The molecule has 150 valence electrons. The highest BCUT2D eigenvalue weighted by Crippen LogP contribution is 2.21. The molecule has 1 aliphatic heterocycles. The summed E-state index contributed by atoms with van der Waals surface area (Å²) in [6.45, 7) is 7.41. The molecular weight excluding hydrogens is 374 g/mol. The van der Waals surface area contributed by atoms with E-state index in [4.69, 9.17) is 14.2 Å². The first kappa shape index (κ1) is 21.3. The minimum Gasteiger partial charge on any atom is -0.457 e. The molecule has 0 unspecified atom stereocenters. The zero-order valence-corrected chi connectivity index (χ0v) is 16.8. The topological polar surface area (TPSA) is 99.2 Å². The number of nitrogens with zero attached hydrogens (tertiary/aromatic N) is 1. The Labute approximate surface area is 159 Å². The van der Waals surface area contributed by atoms with Crippen LogP contribution in [0.5, 0.6) is 0 Å². The number of hydrogen-bond acceptors (Lipinski definition) is 7. The molecule has 0 atom stereocenters. The Kier molecular flexibility index (Phi) is 6.61. The molecule has 0 bridgehead atoms. The quantitative estimate of drug-likeness (QED) is 0.692. The smallest absolute Gasteiger partial charge is 0.344 e. The first-order valence-electron chi connectivity index (χ1n) is 8.58. The summed E-state index contributed by atoms with van der Waals surface area (Å²) in [6.07, 6.45) is 0. The van der Waals surface area contributed by atoms with Crippen molar-refractivity contribution < 1.29 is 32.2 Å². The number of aryl methyl sites for hydroxylation is 1. The van der Waals surface area contributed by atoms with E-state index < -0.39 is 34.2 Å². The van der Waals surface area contributed by atoms with E-state index in [-0.39, 0.29) is 23.5 Å². The predicted molar refractivity (Wildman–Crippen MR) is 96.9 cm³/mol. The molecule has 1 aliphatic rings. The third kappa shape index (κ3) is 5.75. The number of benzene rings is 1. The second-order valence-electron chi connectivity index (χ2n) is 7.16. The molecule has 0 aliphatic carbocycles. The van der Waals surface area contributed by atoms with Crippen LogP contribution in [0.3, 0.4) is 0 Å². The van der Waals surface area contributed by atoms with Gasteiger partial charge in [-0.25, -0.2) is 18.0 Å². The maximum absolute atomic E-state index is 12.7. The van der Waals surface area contributed by atoms with E-state index in [1.807, 2.05) is 0 Å². The second-order valence-corrected chi connectivity index (χ2v) is 9.09. The van der Waals surface area contributed by atoms with Crippen LogP contribution in [0.2, 0.25) is 0 Å². The van der Waals surface area contributed by atoms with Gasteiger partial charge in [0.1, 0.15) is 5.60 Å². The van der Waals surface area contributed by atoms with Crippen LogP contribution >= 0.6 is 0 Å². The standard InChI is InChI=1S/C18H25NO7S/c1-13-5-6-14(27(22,23)19-7-9-24-10-8-19)11-15(13)17(21)25-12-16(20)26-18(2,3)4/h5-6,11H,7-10,12H2,1-4H3. The molecule has 1 aromatic rings.